The number of alkyl halides is 5. The van der Waals surface area contributed by atoms with E-state index in [9.17, 15) is 30.4 Å². The van der Waals surface area contributed by atoms with Crippen molar-refractivity contribution >= 4 is 43.9 Å². The van der Waals surface area contributed by atoms with E-state index < -0.39 is 28.4 Å². The average molecular weight is 559 g/mol. The van der Waals surface area contributed by atoms with E-state index in [1.165, 1.54) is 42.6 Å². The normalized spacial score (nSPS) is 12.3. The summed E-state index contributed by atoms with van der Waals surface area (Å²) in [5, 5.41) is 3.20. The van der Waals surface area contributed by atoms with Crippen molar-refractivity contribution in [3.8, 4) is 5.75 Å². The molecule has 0 spiro atoms. The Morgan fingerprint density at radius 2 is 1.81 bits per heavy atom. The average Bonchev–Trinajstić information content (AvgIpc) is 3.18. The second-order valence-electron chi connectivity index (χ2n) is 8.10. The van der Waals surface area contributed by atoms with Gasteiger partial charge < -0.3 is 10.1 Å². The van der Waals surface area contributed by atoms with Gasteiger partial charge in [-0.2, -0.15) is 22.0 Å². The topological polar surface area (TPSA) is 60.3 Å². The Morgan fingerprint density at radius 1 is 1.05 bits per heavy atom. The summed E-state index contributed by atoms with van der Waals surface area (Å²) in [6.07, 6.45) is -2.01. The minimum absolute atomic E-state index is 0.0874. The molecule has 3 aromatic carbocycles. The predicted octanol–water partition coefficient (Wildman–Crippen LogP) is 7.85. The van der Waals surface area contributed by atoms with Gasteiger partial charge in [0.1, 0.15) is 5.75 Å². The first-order valence-electron chi connectivity index (χ1n) is 11.0. The van der Waals surface area contributed by atoms with Crippen LogP contribution in [0.25, 0.3) is 10.9 Å². The van der Waals surface area contributed by atoms with Gasteiger partial charge in [0, 0.05) is 28.4 Å². The number of fused-ring (bicyclic) bond motifs is 1. The molecule has 0 saturated carbocycles. The van der Waals surface area contributed by atoms with Crippen LogP contribution in [0.15, 0.2) is 71.8 Å². The molecule has 1 N–H and O–H groups in total. The standard InChI is InChI=1S/C25H20ClF5N2O3S/c1-2-4-15-14-33(37(34,35)19-6-3-5-18(13-19)36-24(27)28)23-12-17(8-9-20(15)23)32-22-10-7-16(26)11-21(22)25(29,30)31/h3,5-14,24,32H,2,4H2,1H3. The third-order valence-electron chi connectivity index (χ3n) is 5.53. The van der Waals surface area contributed by atoms with E-state index in [2.05, 4.69) is 10.1 Å². The van der Waals surface area contributed by atoms with Gasteiger partial charge in [0.25, 0.3) is 10.0 Å². The lowest BCUT2D eigenvalue weighted by Crippen LogP contribution is -2.12. The minimum atomic E-state index is -4.68. The summed E-state index contributed by atoms with van der Waals surface area (Å²) in [5.74, 6) is -0.328. The number of aryl methyl sites for hydroxylation is 1. The monoisotopic (exact) mass is 558 g/mol. The maximum absolute atomic E-state index is 13.6. The van der Waals surface area contributed by atoms with Gasteiger partial charge >= 0.3 is 12.8 Å². The summed E-state index contributed by atoms with van der Waals surface area (Å²) in [5.41, 5.74) is -0.132. The summed E-state index contributed by atoms with van der Waals surface area (Å²) in [7, 11) is -4.28. The van der Waals surface area contributed by atoms with Gasteiger partial charge in [-0.3, -0.25) is 0 Å². The minimum Gasteiger partial charge on any atom is -0.435 e. The van der Waals surface area contributed by atoms with Gasteiger partial charge in [0.05, 0.1) is 21.7 Å². The van der Waals surface area contributed by atoms with Gasteiger partial charge in [0.2, 0.25) is 0 Å². The number of ether oxygens (including phenoxy) is 1. The maximum atomic E-state index is 13.6. The fourth-order valence-corrected chi connectivity index (χ4v) is 5.54. The van der Waals surface area contributed by atoms with Crippen molar-refractivity contribution in [1.82, 2.24) is 3.97 Å². The molecular formula is C25H20ClF5N2O3S. The molecule has 0 aliphatic heterocycles. The highest BCUT2D eigenvalue weighted by Crippen LogP contribution is 2.38. The molecule has 0 saturated heterocycles. The number of hydrogen-bond acceptors (Lipinski definition) is 4. The molecule has 0 aliphatic rings. The first-order chi connectivity index (χ1) is 17.4. The van der Waals surface area contributed by atoms with Crippen molar-refractivity contribution in [2.75, 3.05) is 5.32 Å². The van der Waals surface area contributed by atoms with Crippen LogP contribution >= 0.6 is 11.6 Å². The van der Waals surface area contributed by atoms with E-state index in [4.69, 9.17) is 11.6 Å². The lowest BCUT2D eigenvalue weighted by Gasteiger charge is -2.15. The Kier molecular flexibility index (Phi) is 7.38. The number of aromatic nitrogens is 1. The van der Waals surface area contributed by atoms with Crippen molar-refractivity contribution in [2.24, 2.45) is 0 Å². The summed E-state index contributed by atoms with van der Waals surface area (Å²) < 4.78 is 98.4. The van der Waals surface area contributed by atoms with Crippen LogP contribution in [0.3, 0.4) is 0 Å². The van der Waals surface area contributed by atoms with Crippen LogP contribution in [-0.4, -0.2) is 19.0 Å². The Labute approximate surface area is 214 Å². The molecule has 0 unspecified atom stereocenters. The van der Waals surface area contributed by atoms with E-state index in [0.29, 0.717) is 23.8 Å². The van der Waals surface area contributed by atoms with Crippen LogP contribution in [0.2, 0.25) is 5.02 Å². The largest absolute Gasteiger partial charge is 0.435 e. The fraction of sp³-hybridized carbons (Fsp3) is 0.200. The molecule has 0 fully saturated rings. The van der Waals surface area contributed by atoms with Gasteiger partial charge in [0.15, 0.2) is 0 Å². The molecule has 1 aromatic heterocycles. The summed E-state index contributed by atoms with van der Waals surface area (Å²) in [6, 6.07) is 12.6. The number of rotatable bonds is 8. The van der Waals surface area contributed by atoms with Crippen LogP contribution in [0.1, 0.15) is 24.5 Å². The molecule has 0 amide bonds. The number of anilines is 2. The van der Waals surface area contributed by atoms with Gasteiger partial charge in [-0.1, -0.05) is 37.1 Å². The van der Waals surface area contributed by atoms with Gasteiger partial charge in [-0.15, -0.1) is 0 Å². The van der Waals surface area contributed by atoms with Crippen molar-refractivity contribution in [3.05, 3.63) is 83.0 Å². The summed E-state index contributed by atoms with van der Waals surface area (Å²) in [4.78, 5) is -0.291. The van der Waals surface area contributed by atoms with Gasteiger partial charge in [-0.25, -0.2) is 12.4 Å². The SMILES string of the molecule is CCCc1cn(S(=O)(=O)c2cccc(OC(F)F)c2)c2cc(Nc3ccc(Cl)cc3C(F)(F)F)ccc12. The molecule has 196 valence electrons. The first kappa shape index (κ1) is 26.7. The fourth-order valence-electron chi connectivity index (χ4n) is 3.95. The summed E-state index contributed by atoms with van der Waals surface area (Å²) >= 11 is 5.76. The van der Waals surface area contributed by atoms with Crippen LogP contribution < -0.4 is 10.1 Å². The number of nitrogens with one attached hydrogen (secondary N) is 1. The van der Waals surface area contributed by atoms with Crippen molar-refractivity contribution in [3.63, 3.8) is 0 Å². The van der Waals surface area contributed by atoms with E-state index in [1.807, 2.05) is 6.92 Å². The highest BCUT2D eigenvalue weighted by molar-refractivity contribution is 7.90. The van der Waals surface area contributed by atoms with Crippen LogP contribution in [0.4, 0.5) is 33.3 Å². The molecule has 0 bridgehead atoms. The summed E-state index contributed by atoms with van der Waals surface area (Å²) in [6.45, 7) is -1.22. The molecule has 0 radical (unpaired) electrons. The molecule has 0 aliphatic carbocycles. The Morgan fingerprint density at radius 3 is 2.49 bits per heavy atom. The quantitative estimate of drug-likeness (QED) is 0.224. The van der Waals surface area contributed by atoms with E-state index in [0.717, 1.165) is 16.1 Å². The van der Waals surface area contributed by atoms with Crippen LogP contribution in [-0.2, 0) is 22.6 Å². The van der Waals surface area contributed by atoms with E-state index >= 15 is 0 Å². The maximum Gasteiger partial charge on any atom is 0.418 e. The zero-order valence-electron chi connectivity index (χ0n) is 19.2. The highest BCUT2D eigenvalue weighted by atomic mass is 35.5. The molecular weight excluding hydrogens is 539 g/mol. The number of halogens is 6. The number of nitrogens with zero attached hydrogens (tertiary/aromatic N) is 1. The Hall–Kier alpha value is -3.31. The molecule has 1 heterocycles. The van der Waals surface area contributed by atoms with Crippen LogP contribution in [0.5, 0.6) is 5.75 Å². The lowest BCUT2D eigenvalue weighted by molar-refractivity contribution is -0.136. The Bertz CT molecular complexity index is 1550. The zero-order chi connectivity index (χ0) is 27.0. The predicted molar refractivity (Wildman–Crippen MR) is 131 cm³/mol. The van der Waals surface area contributed by atoms with Crippen LogP contribution in [0, 0.1) is 0 Å². The van der Waals surface area contributed by atoms with Gasteiger partial charge in [-0.05, 0) is 54.4 Å². The lowest BCUT2D eigenvalue weighted by atomic mass is 10.1. The number of hydrogen-bond donors (Lipinski definition) is 1. The zero-order valence-corrected chi connectivity index (χ0v) is 20.8. The molecule has 5 nitrogen and oxygen atoms in total. The second kappa shape index (κ2) is 10.2. The third-order valence-corrected chi connectivity index (χ3v) is 7.43. The second-order valence-corrected chi connectivity index (χ2v) is 10.4. The van der Waals surface area contributed by atoms with Crippen molar-refractivity contribution < 1.29 is 35.1 Å². The third kappa shape index (κ3) is 5.67. The molecule has 4 aromatic rings. The van der Waals surface area contributed by atoms with E-state index in [-0.39, 0.29) is 32.6 Å². The Balaban J connectivity index is 1.83. The molecule has 37 heavy (non-hydrogen) atoms. The smallest absolute Gasteiger partial charge is 0.418 e. The molecule has 12 heteroatoms. The number of benzene rings is 3. The first-order valence-corrected chi connectivity index (χ1v) is 12.8. The molecule has 4 rings (SSSR count). The molecule has 0 atom stereocenters. The van der Waals surface area contributed by atoms with Crippen molar-refractivity contribution in [2.45, 2.75) is 37.4 Å². The van der Waals surface area contributed by atoms with E-state index in [1.54, 1.807) is 12.1 Å². The highest BCUT2D eigenvalue weighted by Gasteiger charge is 2.34. The van der Waals surface area contributed by atoms with Crippen molar-refractivity contribution in [1.29, 1.82) is 0 Å².